The third-order valence-electron chi connectivity index (χ3n) is 6.82. The summed E-state index contributed by atoms with van der Waals surface area (Å²) in [7, 11) is 3.16. The lowest BCUT2D eigenvalue weighted by Crippen LogP contribution is -2.46. The minimum Gasteiger partial charge on any atom is -0.369 e. The van der Waals surface area contributed by atoms with E-state index in [0.29, 0.717) is 24.3 Å². The average Bonchev–Trinajstić information content (AvgIpc) is 3.24. The second-order valence-corrected chi connectivity index (χ2v) is 9.03. The zero-order valence-corrected chi connectivity index (χ0v) is 20.0. The summed E-state index contributed by atoms with van der Waals surface area (Å²) in [5.74, 6) is 0.548. The highest BCUT2D eigenvalue weighted by Crippen LogP contribution is 2.19. The van der Waals surface area contributed by atoms with Crippen molar-refractivity contribution in [2.24, 2.45) is 14.1 Å². The normalized spacial score (nSPS) is 14.7. The summed E-state index contributed by atoms with van der Waals surface area (Å²) in [5.41, 5.74) is 2.37. The van der Waals surface area contributed by atoms with E-state index in [-0.39, 0.29) is 17.1 Å². The van der Waals surface area contributed by atoms with Gasteiger partial charge >= 0.3 is 5.69 Å². The van der Waals surface area contributed by atoms with Gasteiger partial charge in [-0.3, -0.25) is 18.8 Å². The van der Waals surface area contributed by atoms with Crippen molar-refractivity contribution in [1.29, 1.82) is 0 Å². The Balaban J connectivity index is 1.42. The molecule has 1 aliphatic heterocycles. The number of aromatic nitrogens is 4. The van der Waals surface area contributed by atoms with E-state index in [1.165, 1.54) is 29.3 Å². The molecule has 5 rings (SSSR count). The molecule has 0 amide bonds. The molecule has 0 spiro atoms. The summed E-state index contributed by atoms with van der Waals surface area (Å²) in [6.45, 7) is 4.44. The Morgan fingerprint density at radius 2 is 1.57 bits per heavy atom. The van der Waals surface area contributed by atoms with E-state index < -0.39 is 0 Å². The van der Waals surface area contributed by atoms with Gasteiger partial charge in [0.15, 0.2) is 11.2 Å². The van der Waals surface area contributed by atoms with Gasteiger partial charge in [0, 0.05) is 52.5 Å². The van der Waals surface area contributed by atoms with Gasteiger partial charge in [0.2, 0.25) is 0 Å². The molecule has 0 N–H and O–H groups in total. The maximum Gasteiger partial charge on any atom is 0.332 e. The molecule has 4 aromatic rings. The van der Waals surface area contributed by atoms with Crippen molar-refractivity contribution < 1.29 is 4.39 Å². The standard InChI is InChI=1S/C26H29FN6O2/c1-29-24-23(25(34)30(2)26(29)35)33(13-12-19-6-4-3-5-7-19)22(28-24)18-31-14-16-32(17-15-31)21-10-8-20(27)9-11-21/h3-11H,12-18H2,1-2H3. The SMILES string of the molecule is Cn1c(=O)c2c(nc(CN3CCN(c4ccc(F)cc4)CC3)n2CCc2ccccc2)n(C)c1=O. The topological polar surface area (TPSA) is 68.3 Å². The second-order valence-electron chi connectivity index (χ2n) is 9.03. The number of hydrogen-bond donors (Lipinski definition) is 0. The number of fused-ring (bicyclic) bond motifs is 1. The van der Waals surface area contributed by atoms with Crippen molar-refractivity contribution in [3.8, 4) is 0 Å². The van der Waals surface area contributed by atoms with Crippen LogP contribution < -0.4 is 16.1 Å². The highest BCUT2D eigenvalue weighted by atomic mass is 19.1. The van der Waals surface area contributed by atoms with Crippen molar-refractivity contribution in [3.05, 3.63) is 92.6 Å². The Bertz CT molecular complexity index is 1450. The molecule has 1 fully saturated rings. The summed E-state index contributed by atoms with van der Waals surface area (Å²) in [5, 5.41) is 0. The highest BCUT2D eigenvalue weighted by Gasteiger charge is 2.23. The zero-order valence-electron chi connectivity index (χ0n) is 20.0. The van der Waals surface area contributed by atoms with Crippen molar-refractivity contribution in [2.75, 3.05) is 31.1 Å². The molecule has 35 heavy (non-hydrogen) atoms. The molecule has 1 saturated heterocycles. The average molecular weight is 477 g/mol. The van der Waals surface area contributed by atoms with Crippen LogP contribution in [0.25, 0.3) is 11.2 Å². The Labute approximate surface area is 202 Å². The van der Waals surface area contributed by atoms with Crippen LogP contribution in [0.3, 0.4) is 0 Å². The van der Waals surface area contributed by atoms with Gasteiger partial charge in [0.1, 0.15) is 11.6 Å². The molecule has 2 aromatic heterocycles. The summed E-state index contributed by atoms with van der Waals surface area (Å²) in [6.07, 6.45) is 0.754. The van der Waals surface area contributed by atoms with Crippen LogP contribution in [0.2, 0.25) is 0 Å². The van der Waals surface area contributed by atoms with Crippen LogP contribution >= 0.6 is 0 Å². The Morgan fingerprint density at radius 3 is 2.26 bits per heavy atom. The van der Waals surface area contributed by atoms with Crippen LogP contribution in [0.15, 0.2) is 64.2 Å². The predicted molar refractivity (Wildman–Crippen MR) is 134 cm³/mol. The van der Waals surface area contributed by atoms with Crippen molar-refractivity contribution >= 4 is 16.9 Å². The summed E-state index contributed by atoms with van der Waals surface area (Å²) in [4.78, 5) is 35.0. The van der Waals surface area contributed by atoms with E-state index in [4.69, 9.17) is 4.98 Å². The van der Waals surface area contributed by atoms with E-state index in [2.05, 4.69) is 21.9 Å². The number of benzene rings is 2. The molecule has 0 aliphatic carbocycles. The number of aryl methyl sites for hydroxylation is 3. The monoisotopic (exact) mass is 476 g/mol. The molecule has 0 saturated carbocycles. The van der Waals surface area contributed by atoms with Gasteiger partial charge in [-0.15, -0.1) is 0 Å². The molecule has 0 radical (unpaired) electrons. The van der Waals surface area contributed by atoms with Crippen LogP contribution in [0, 0.1) is 5.82 Å². The predicted octanol–water partition coefficient (Wildman–Crippen LogP) is 2.14. The summed E-state index contributed by atoms with van der Waals surface area (Å²) < 4.78 is 17.9. The molecule has 8 nitrogen and oxygen atoms in total. The number of hydrogen-bond acceptors (Lipinski definition) is 5. The highest BCUT2D eigenvalue weighted by molar-refractivity contribution is 5.71. The number of imidazole rings is 1. The number of halogens is 1. The zero-order chi connectivity index (χ0) is 24.5. The fraction of sp³-hybridized carbons (Fsp3) is 0.346. The van der Waals surface area contributed by atoms with Gasteiger partial charge in [-0.05, 0) is 36.2 Å². The molecule has 2 aromatic carbocycles. The molecule has 9 heteroatoms. The Kier molecular flexibility index (Phi) is 6.25. The van der Waals surface area contributed by atoms with Crippen LogP contribution in [0.1, 0.15) is 11.4 Å². The summed E-state index contributed by atoms with van der Waals surface area (Å²) in [6, 6.07) is 16.7. The lowest BCUT2D eigenvalue weighted by Gasteiger charge is -2.36. The third-order valence-corrected chi connectivity index (χ3v) is 6.82. The summed E-state index contributed by atoms with van der Waals surface area (Å²) >= 11 is 0. The van der Waals surface area contributed by atoms with Gasteiger partial charge in [-0.1, -0.05) is 30.3 Å². The van der Waals surface area contributed by atoms with E-state index >= 15 is 0 Å². The largest absolute Gasteiger partial charge is 0.369 e. The second kappa shape index (κ2) is 9.50. The molecular formula is C26H29FN6O2. The molecule has 1 aliphatic rings. The molecule has 0 unspecified atom stereocenters. The van der Waals surface area contributed by atoms with E-state index in [9.17, 15) is 14.0 Å². The third kappa shape index (κ3) is 4.51. The van der Waals surface area contributed by atoms with Crippen molar-refractivity contribution in [2.45, 2.75) is 19.5 Å². The molecule has 0 bridgehead atoms. The van der Waals surface area contributed by atoms with E-state index in [1.807, 2.05) is 34.9 Å². The Morgan fingerprint density at radius 1 is 0.886 bits per heavy atom. The molecule has 0 atom stereocenters. The van der Waals surface area contributed by atoms with Crippen LogP contribution in [0.4, 0.5) is 10.1 Å². The van der Waals surface area contributed by atoms with Crippen molar-refractivity contribution in [1.82, 2.24) is 23.6 Å². The maximum atomic E-state index is 13.3. The maximum absolute atomic E-state index is 13.3. The fourth-order valence-corrected chi connectivity index (χ4v) is 4.75. The first-order chi connectivity index (χ1) is 16.9. The minimum absolute atomic E-state index is 0.234. The minimum atomic E-state index is -0.380. The van der Waals surface area contributed by atoms with E-state index in [0.717, 1.165) is 48.7 Å². The lowest BCUT2D eigenvalue weighted by atomic mass is 10.1. The van der Waals surface area contributed by atoms with Crippen LogP contribution in [-0.2, 0) is 33.6 Å². The van der Waals surface area contributed by atoms with Crippen LogP contribution in [-0.4, -0.2) is 49.8 Å². The lowest BCUT2D eigenvalue weighted by molar-refractivity contribution is 0.241. The van der Waals surface area contributed by atoms with Crippen LogP contribution in [0.5, 0.6) is 0 Å². The number of anilines is 1. The van der Waals surface area contributed by atoms with Gasteiger partial charge in [-0.25, -0.2) is 14.2 Å². The first-order valence-corrected chi connectivity index (χ1v) is 11.8. The smallest absolute Gasteiger partial charge is 0.332 e. The van der Waals surface area contributed by atoms with E-state index in [1.54, 1.807) is 7.05 Å². The van der Waals surface area contributed by atoms with Gasteiger partial charge in [0.05, 0.1) is 6.54 Å². The molecule has 3 heterocycles. The molecular weight excluding hydrogens is 447 g/mol. The van der Waals surface area contributed by atoms with Crippen molar-refractivity contribution in [3.63, 3.8) is 0 Å². The first kappa shape index (κ1) is 23.0. The van der Waals surface area contributed by atoms with Gasteiger partial charge in [-0.2, -0.15) is 0 Å². The molecule has 182 valence electrons. The number of piperazine rings is 1. The fourth-order valence-electron chi connectivity index (χ4n) is 4.75. The number of nitrogens with zero attached hydrogens (tertiary/aromatic N) is 6. The van der Waals surface area contributed by atoms with Gasteiger partial charge in [0.25, 0.3) is 5.56 Å². The Hall–Kier alpha value is -3.72. The first-order valence-electron chi connectivity index (χ1n) is 11.8. The van der Waals surface area contributed by atoms with Gasteiger partial charge < -0.3 is 9.47 Å². The quantitative estimate of drug-likeness (QED) is 0.427. The number of rotatable bonds is 6.